The van der Waals surface area contributed by atoms with E-state index in [9.17, 15) is 13.2 Å². The Labute approximate surface area is 151 Å². The number of hydrogen-bond donors (Lipinski definition) is 0. The van der Waals surface area contributed by atoms with Gasteiger partial charge in [-0.3, -0.25) is 0 Å². The smallest absolute Gasteiger partial charge is 0.249 e. The largest absolute Gasteiger partial charge is 0.350 e. The van der Waals surface area contributed by atoms with Gasteiger partial charge in [0.1, 0.15) is 4.90 Å². The van der Waals surface area contributed by atoms with Gasteiger partial charge in [0, 0.05) is 19.3 Å². The summed E-state index contributed by atoms with van der Waals surface area (Å²) in [6, 6.07) is 10.9. The summed E-state index contributed by atoms with van der Waals surface area (Å²) in [6.07, 6.45) is 3.27. The molecule has 1 aliphatic heterocycles. The average molecular weight is 372 g/mol. The molecular formula is C18H20N4O3S. The van der Waals surface area contributed by atoms with Crippen molar-refractivity contribution in [1.29, 1.82) is 0 Å². The minimum atomic E-state index is -3.65. The maximum Gasteiger partial charge on any atom is 0.350 e. The van der Waals surface area contributed by atoms with E-state index in [0.717, 1.165) is 24.0 Å². The van der Waals surface area contributed by atoms with Gasteiger partial charge in [-0.1, -0.05) is 29.8 Å². The van der Waals surface area contributed by atoms with Gasteiger partial charge >= 0.3 is 5.69 Å². The van der Waals surface area contributed by atoms with Crippen molar-refractivity contribution in [2.24, 2.45) is 0 Å². The summed E-state index contributed by atoms with van der Waals surface area (Å²) in [4.78, 5) is 12.8. The molecule has 0 aliphatic carbocycles. The predicted molar refractivity (Wildman–Crippen MR) is 97.7 cm³/mol. The molecule has 0 atom stereocenters. The Kier molecular flexibility index (Phi) is 4.16. The van der Waals surface area contributed by atoms with Crippen LogP contribution in [-0.4, -0.2) is 40.0 Å². The number of pyridine rings is 1. The average Bonchev–Trinajstić information content (AvgIpc) is 3.25. The van der Waals surface area contributed by atoms with Crippen LogP contribution in [0.25, 0.3) is 5.65 Å². The van der Waals surface area contributed by atoms with Crippen LogP contribution in [-0.2, 0) is 16.6 Å². The van der Waals surface area contributed by atoms with Crippen LogP contribution in [0.1, 0.15) is 24.0 Å². The van der Waals surface area contributed by atoms with Gasteiger partial charge < -0.3 is 0 Å². The second-order valence-electron chi connectivity index (χ2n) is 6.61. The Bertz CT molecular complexity index is 1120. The van der Waals surface area contributed by atoms with Gasteiger partial charge in [0.15, 0.2) is 5.65 Å². The summed E-state index contributed by atoms with van der Waals surface area (Å²) in [7, 11) is -3.65. The molecule has 0 amide bonds. The quantitative estimate of drug-likeness (QED) is 0.698. The molecule has 1 aliphatic rings. The summed E-state index contributed by atoms with van der Waals surface area (Å²) in [5.74, 6) is 0. The third-order valence-corrected chi connectivity index (χ3v) is 6.59. The fourth-order valence-electron chi connectivity index (χ4n) is 3.37. The summed E-state index contributed by atoms with van der Waals surface area (Å²) < 4.78 is 29.9. The van der Waals surface area contributed by atoms with E-state index in [1.54, 1.807) is 12.3 Å². The molecule has 0 unspecified atom stereocenters. The number of aromatic nitrogens is 3. The Balaban J connectivity index is 1.81. The Morgan fingerprint density at radius 2 is 1.88 bits per heavy atom. The van der Waals surface area contributed by atoms with Crippen molar-refractivity contribution in [2.75, 3.05) is 13.1 Å². The molecule has 4 rings (SSSR count). The van der Waals surface area contributed by atoms with Crippen LogP contribution in [0.5, 0.6) is 0 Å². The minimum Gasteiger partial charge on any atom is -0.249 e. The van der Waals surface area contributed by atoms with Crippen molar-refractivity contribution in [2.45, 2.75) is 31.2 Å². The number of rotatable bonds is 4. The first-order chi connectivity index (χ1) is 12.5. The maximum absolute atomic E-state index is 12.9. The molecule has 7 nitrogen and oxygen atoms in total. The molecular weight excluding hydrogens is 352 g/mol. The molecule has 3 heterocycles. The van der Waals surface area contributed by atoms with Crippen molar-refractivity contribution < 1.29 is 8.42 Å². The Hall–Kier alpha value is -2.45. The van der Waals surface area contributed by atoms with Crippen LogP contribution in [0.2, 0.25) is 0 Å². The fourth-order valence-corrected chi connectivity index (χ4v) is 5.01. The van der Waals surface area contributed by atoms with E-state index in [1.165, 1.54) is 19.5 Å². The molecule has 0 spiro atoms. The summed E-state index contributed by atoms with van der Waals surface area (Å²) >= 11 is 0. The first kappa shape index (κ1) is 17.0. The zero-order valence-electron chi connectivity index (χ0n) is 14.5. The molecule has 0 radical (unpaired) electrons. The molecule has 136 valence electrons. The molecule has 0 bridgehead atoms. The molecule has 1 aromatic carbocycles. The van der Waals surface area contributed by atoms with E-state index < -0.39 is 10.0 Å². The Morgan fingerprint density at radius 3 is 2.62 bits per heavy atom. The molecule has 1 saturated heterocycles. The zero-order valence-corrected chi connectivity index (χ0v) is 15.3. The van der Waals surface area contributed by atoms with Crippen molar-refractivity contribution in [3.8, 4) is 0 Å². The summed E-state index contributed by atoms with van der Waals surface area (Å²) in [5, 5.41) is 4.34. The number of fused-ring (bicyclic) bond motifs is 1. The standard InChI is InChI=1S/C18H20N4O3S/c1-14-6-4-7-15(12-14)13-22-18(23)21-11-5-8-16(17(21)19-22)26(24,25)20-9-2-3-10-20/h4-8,11-12H,2-3,9-10,13H2,1H3. The van der Waals surface area contributed by atoms with E-state index in [1.807, 2.05) is 31.2 Å². The minimum absolute atomic E-state index is 0.0852. The van der Waals surface area contributed by atoms with Crippen LogP contribution in [0.4, 0.5) is 0 Å². The number of aryl methyl sites for hydroxylation is 1. The normalized spacial score (nSPS) is 15.7. The van der Waals surface area contributed by atoms with E-state index in [-0.39, 0.29) is 16.2 Å². The predicted octanol–water partition coefficient (Wildman–Crippen LogP) is 1.64. The lowest BCUT2D eigenvalue weighted by Gasteiger charge is -2.15. The molecule has 2 aromatic heterocycles. The molecule has 3 aromatic rings. The molecule has 0 N–H and O–H groups in total. The third kappa shape index (κ3) is 2.85. The highest BCUT2D eigenvalue weighted by Crippen LogP contribution is 2.23. The fraction of sp³-hybridized carbons (Fsp3) is 0.333. The first-order valence-electron chi connectivity index (χ1n) is 8.61. The lowest BCUT2D eigenvalue weighted by atomic mass is 10.1. The van der Waals surface area contributed by atoms with Crippen molar-refractivity contribution in [3.63, 3.8) is 0 Å². The second kappa shape index (κ2) is 6.37. The van der Waals surface area contributed by atoms with E-state index in [2.05, 4.69) is 5.10 Å². The van der Waals surface area contributed by atoms with Crippen LogP contribution in [0.3, 0.4) is 0 Å². The van der Waals surface area contributed by atoms with Crippen LogP contribution in [0, 0.1) is 6.92 Å². The number of hydrogen-bond acceptors (Lipinski definition) is 4. The second-order valence-corrected chi connectivity index (χ2v) is 8.51. The van der Waals surface area contributed by atoms with Gasteiger partial charge in [-0.05, 0) is 37.5 Å². The highest BCUT2D eigenvalue weighted by Gasteiger charge is 2.30. The highest BCUT2D eigenvalue weighted by molar-refractivity contribution is 7.89. The highest BCUT2D eigenvalue weighted by atomic mass is 32.2. The van der Waals surface area contributed by atoms with E-state index in [4.69, 9.17) is 0 Å². The van der Waals surface area contributed by atoms with Gasteiger partial charge in [-0.25, -0.2) is 22.3 Å². The van der Waals surface area contributed by atoms with Crippen LogP contribution in [0.15, 0.2) is 52.3 Å². The lowest BCUT2D eigenvalue weighted by Crippen LogP contribution is -2.28. The van der Waals surface area contributed by atoms with Crippen molar-refractivity contribution >= 4 is 15.7 Å². The summed E-state index contributed by atoms with van der Waals surface area (Å²) in [5.41, 5.74) is 1.87. The van der Waals surface area contributed by atoms with Gasteiger partial charge in [-0.2, -0.15) is 4.31 Å². The molecule has 26 heavy (non-hydrogen) atoms. The molecule has 8 heteroatoms. The van der Waals surface area contributed by atoms with Crippen LogP contribution >= 0.6 is 0 Å². The molecule has 0 saturated carbocycles. The van der Waals surface area contributed by atoms with Crippen molar-refractivity contribution in [1.82, 2.24) is 18.5 Å². The SMILES string of the molecule is Cc1cccc(Cn2nc3c(S(=O)(=O)N4CCCC4)cccn3c2=O)c1. The Morgan fingerprint density at radius 1 is 1.12 bits per heavy atom. The topological polar surface area (TPSA) is 76.7 Å². The first-order valence-corrected chi connectivity index (χ1v) is 10.0. The maximum atomic E-state index is 12.9. The lowest BCUT2D eigenvalue weighted by molar-refractivity contribution is 0.477. The van der Waals surface area contributed by atoms with Crippen LogP contribution < -0.4 is 5.69 Å². The van der Waals surface area contributed by atoms with Gasteiger partial charge in [-0.15, -0.1) is 5.10 Å². The zero-order chi connectivity index (χ0) is 18.3. The van der Waals surface area contributed by atoms with E-state index in [0.29, 0.717) is 19.6 Å². The number of nitrogens with zero attached hydrogens (tertiary/aromatic N) is 4. The summed E-state index contributed by atoms with van der Waals surface area (Å²) in [6.45, 7) is 3.30. The van der Waals surface area contributed by atoms with Gasteiger partial charge in [0.2, 0.25) is 10.0 Å². The number of benzene rings is 1. The molecule has 1 fully saturated rings. The monoisotopic (exact) mass is 372 g/mol. The van der Waals surface area contributed by atoms with Gasteiger partial charge in [0.05, 0.1) is 6.54 Å². The van der Waals surface area contributed by atoms with Crippen molar-refractivity contribution in [3.05, 3.63) is 64.2 Å². The third-order valence-electron chi connectivity index (χ3n) is 4.67. The van der Waals surface area contributed by atoms with Gasteiger partial charge in [0.25, 0.3) is 0 Å². The number of sulfonamides is 1. The van der Waals surface area contributed by atoms with E-state index >= 15 is 0 Å².